The summed E-state index contributed by atoms with van der Waals surface area (Å²) in [5.41, 5.74) is 10.5. The van der Waals surface area contributed by atoms with Gasteiger partial charge in [-0.15, -0.1) is 0 Å². The van der Waals surface area contributed by atoms with Gasteiger partial charge in [-0.05, 0) is 20.0 Å². The van der Waals surface area contributed by atoms with Gasteiger partial charge < -0.3 is 16.4 Å². The van der Waals surface area contributed by atoms with Crippen molar-refractivity contribution in [1.82, 2.24) is 4.90 Å². The molecular formula is C7H17N3O. The van der Waals surface area contributed by atoms with Gasteiger partial charge >= 0.3 is 0 Å². The highest BCUT2D eigenvalue weighted by atomic mass is 16.1. The summed E-state index contributed by atoms with van der Waals surface area (Å²) in [7, 11) is 3.87. The number of carbonyl (C=O) groups excluding carboxylic acids is 1. The number of nitrogens with zero attached hydrogens (tertiary/aromatic N) is 1. The van der Waals surface area contributed by atoms with E-state index in [4.69, 9.17) is 11.5 Å². The molecule has 0 aromatic carbocycles. The second-order valence-electron chi connectivity index (χ2n) is 3.17. The summed E-state index contributed by atoms with van der Waals surface area (Å²) in [6.45, 7) is 2.69. The summed E-state index contributed by atoms with van der Waals surface area (Å²) >= 11 is 0. The largest absolute Gasteiger partial charge is 0.368 e. The van der Waals surface area contributed by atoms with Crippen LogP contribution in [0.2, 0.25) is 0 Å². The molecule has 0 aliphatic rings. The van der Waals surface area contributed by atoms with Gasteiger partial charge in [0, 0.05) is 6.54 Å². The van der Waals surface area contributed by atoms with Crippen LogP contribution in [0.3, 0.4) is 0 Å². The predicted octanol–water partition coefficient (Wildman–Crippen LogP) is -1.00. The van der Waals surface area contributed by atoms with Crippen LogP contribution in [0.4, 0.5) is 0 Å². The smallest absolute Gasteiger partial charge is 0.234 e. The number of hydrogen-bond donors (Lipinski definition) is 2. The van der Waals surface area contributed by atoms with Gasteiger partial charge in [-0.3, -0.25) is 4.79 Å². The fourth-order valence-corrected chi connectivity index (χ4v) is 0.970. The first kappa shape index (κ1) is 10.4. The SMILES string of the molecule is CC(CN(C)C)C(N)C(N)=O. The number of primary amides is 1. The van der Waals surface area contributed by atoms with Gasteiger partial charge in [0.05, 0.1) is 6.04 Å². The molecule has 0 heterocycles. The summed E-state index contributed by atoms with van der Waals surface area (Å²) in [5.74, 6) is -0.318. The Labute approximate surface area is 67.5 Å². The molecule has 4 heteroatoms. The molecule has 11 heavy (non-hydrogen) atoms. The second-order valence-corrected chi connectivity index (χ2v) is 3.17. The van der Waals surface area contributed by atoms with Crippen LogP contribution in [0, 0.1) is 5.92 Å². The van der Waals surface area contributed by atoms with Crippen molar-refractivity contribution in [3.8, 4) is 0 Å². The lowest BCUT2D eigenvalue weighted by atomic mass is 10.0. The fourth-order valence-electron chi connectivity index (χ4n) is 0.970. The zero-order chi connectivity index (χ0) is 9.02. The van der Waals surface area contributed by atoms with Gasteiger partial charge in [0.25, 0.3) is 0 Å². The lowest BCUT2D eigenvalue weighted by Gasteiger charge is -2.20. The molecule has 2 unspecified atom stereocenters. The molecule has 0 bridgehead atoms. The summed E-state index contributed by atoms with van der Waals surface area (Å²) < 4.78 is 0. The van der Waals surface area contributed by atoms with Crippen LogP contribution < -0.4 is 11.5 Å². The lowest BCUT2D eigenvalue weighted by molar-refractivity contribution is -0.120. The molecule has 4 N–H and O–H groups in total. The minimum Gasteiger partial charge on any atom is -0.368 e. The highest BCUT2D eigenvalue weighted by Crippen LogP contribution is 2.00. The third-order valence-corrected chi connectivity index (χ3v) is 1.59. The Hall–Kier alpha value is -0.610. The lowest BCUT2D eigenvalue weighted by Crippen LogP contribution is -2.44. The van der Waals surface area contributed by atoms with Crippen LogP contribution in [0.25, 0.3) is 0 Å². The Kier molecular flexibility index (Phi) is 4.07. The van der Waals surface area contributed by atoms with E-state index in [0.29, 0.717) is 0 Å². The van der Waals surface area contributed by atoms with Crippen LogP contribution in [0.5, 0.6) is 0 Å². The van der Waals surface area contributed by atoms with Crippen LogP contribution >= 0.6 is 0 Å². The monoisotopic (exact) mass is 159 g/mol. The Morgan fingerprint density at radius 2 is 2.00 bits per heavy atom. The second kappa shape index (κ2) is 4.31. The molecule has 0 saturated heterocycles. The van der Waals surface area contributed by atoms with Crippen molar-refractivity contribution < 1.29 is 4.79 Å². The van der Waals surface area contributed by atoms with Crippen molar-refractivity contribution in [2.24, 2.45) is 17.4 Å². The Bertz CT molecular complexity index is 136. The molecule has 0 rings (SSSR count). The highest BCUT2D eigenvalue weighted by Gasteiger charge is 2.17. The number of hydrogen-bond acceptors (Lipinski definition) is 3. The van der Waals surface area contributed by atoms with Crippen LogP contribution in [-0.4, -0.2) is 37.5 Å². The molecule has 0 aromatic heterocycles. The first-order chi connectivity index (χ1) is 4.95. The molecule has 2 atom stereocenters. The molecule has 0 aliphatic carbocycles. The number of rotatable bonds is 4. The number of amides is 1. The quantitative estimate of drug-likeness (QED) is 0.552. The maximum absolute atomic E-state index is 10.6. The molecule has 0 saturated carbocycles. The minimum atomic E-state index is -0.530. The Morgan fingerprint density at radius 1 is 1.55 bits per heavy atom. The van der Waals surface area contributed by atoms with Crippen molar-refractivity contribution in [2.45, 2.75) is 13.0 Å². The van der Waals surface area contributed by atoms with Crippen LogP contribution in [0.1, 0.15) is 6.92 Å². The van der Waals surface area contributed by atoms with E-state index in [9.17, 15) is 4.79 Å². The number of nitrogens with two attached hydrogens (primary N) is 2. The molecule has 0 spiro atoms. The zero-order valence-electron chi connectivity index (χ0n) is 7.37. The van der Waals surface area contributed by atoms with Gasteiger partial charge in [0.15, 0.2) is 0 Å². The average molecular weight is 159 g/mol. The van der Waals surface area contributed by atoms with Crippen molar-refractivity contribution in [3.63, 3.8) is 0 Å². The molecule has 0 radical (unpaired) electrons. The Balaban J connectivity index is 3.82. The van der Waals surface area contributed by atoms with Crippen LogP contribution in [0.15, 0.2) is 0 Å². The van der Waals surface area contributed by atoms with Crippen molar-refractivity contribution in [1.29, 1.82) is 0 Å². The summed E-state index contributed by atoms with van der Waals surface area (Å²) in [5, 5.41) is 0. The molecule has 0 fully saturated rings. The maximum Gasteiger partial charge on any atom is 0.234 e. The zero-order valence-corrected chi connectivity index (χ0v) is 7.37. The van der Waals surface area contributed by atoms with E-state index in [1.165, 1.54) is 0 Å². The van der Waals surface area contributed by atoms with Gasteiger partial charge in [-0.1, -0.05) is 6.92 Å². The number of carbonyl (C=O) groups is 1. The third kappa shape index (κ3) is 3.95. The third-order valence-electron chi connectivity index (χ3n) is 1.59. The fraction of sp³-hybridized carbons (Fsp3) is 0.857. The summed E-state index contributed by atoms with van der Waals surface area (Å²) in [6, 6.07) is -0.530. The van der Waals surface area contributed by atoms with E-state index in [-0.39, 0.29) is 5.92 Å². The van der Waals surface area contributed by atoms with E-state index < -0.39 is 11.9 Å². The highest BCUT2D eigenvalue weighted by molar-refractivity contribution is 5.79. The summed E-state index contributed by atoms with van der Waals surface area (Å²) in [4.78, 5) is 12.6. The van der Waals surface area contributed by atoms with E-state index in [0.717, 1.165) is 6.54 Å². The minimum absolute atomic E-state index is 0.113. The topological polar surface area (TPSA) is 72.3 Å². The van der Waals surface area contributed by atoms with Crippen LogP contribution in [-0.2, 0) is 4.79 Å². The average Bonchev–Trinajstić information content (AvgIpc) is 1.84. The first-order valence-electron chi connectivity index (χ1n) is 3.64. The van der Waals surface area contributed by atoms with Crippen molar-refractivity contribution in [3.05, 3.63) is 0 Å². The van der Waals surface area contributed by atoms with Gasteiger partial charge in [0.1, 0.15) is 0 Å². The standard InChI is InChI=1S/C7H17N3O/c1-5(4-10(2)3)6(8)7(9)11/h5-6H,4,8H2,1-3H3,(H2,9,11). The van der Waals surface area contributed by atoms with E-state index in [1.54, 1.807) is 0 Å². The van der Waals surface area contributed by atoms with Gasteiger partial charge in [0.2, 0.25) is 5.91 Å². The first-order valence-corrected chi connectivity index (χ1v) is 3.64. The maximum atomic E-state index is 10.6. The van der Waals surface area contributed by atoms with Crippen molar-refractivity contribution >= 4 is 5.91 Å². The molecule has 0 aliphatic heterocycles. The molecule has 1 amide bonds. The van der Waals surface area contributed by atoms with E-state index in [1.807, 2.05) is 25.9 Å². The Morgan fingerprint density at radius 3 is 2.27 bits per heavy atom. The molecule has 4 nitrogen and oxygen atoms in total. The van der Waals surface area contributed by atoms with Gasteiger partial charge in [-0.2, -0.15) is 0 Å². The molecule has 66 valence electrons. The normalized spacial score (nSPS) is 16.5. The molecular weight excluding hydrogens is 142 g/mol. The predicted molar refractivity (Wildman–Crippen MR) is 44.9 cm³/mol. The van der Waals surface area contributed by atoms with E-state index in [2.05, 4.69) is 0 Å². The van der Waals surface area contributed by atoms with Crippen molar-refractivity contribution in [2.75, 3.05) is 20.6 Å². The summed E-state index contributed by atoms with van der Waals surface area (Å²) in [6.07, 6.45) is 0. The molecule has 0 aromatic rings. The van der Waals surface area contributed by atoms with E-state index >= 15 is 0 Å². The van der Waals surface area contributed by atoms with Gasteiger partial charge in [-0.25, -0.2) is 0 Å².